The second-order valence-electron chi connectivity index (χ2n) is 5.52. The molecule has 0 atom stereocenters. The third kappa shape index (κ3) is 2.17. The molecule has 0 aliphatic carbocycles. The zero-order chi connectivity index (χ0) is 15.9. The highest BCUT2D eigenvalue weighted by Crippen LogP contribution is 2.37. The predicted octanol–water partition coefficient (Wildman–Crippen LogP) is 4.73. The van der Waals surface area contributed by atoms with Crippen LogP contribution in [0.2, 0.25) is 0 Å². The molecule has 3 nitrogen and oxygen atoms in total. The van der Waals surface area contributed by atoms with Gasteiger partial charge in [-0.25, -0.2) is 9.18 Å². The van der Waals surface area contributed by atoms with Gasteiger partial charge < -0.3 is 9.67 Å². The number of aromatic nitrogens is 1. The number of fused-ring (bicyclic) bond motifs is 1. The lowest BCUT2D eigenvalue weighted by Crippen LogP contribution is -2.11. The van der Waals surface area contributed by atoms with Crippen LogP contribution in [0.5, 0.6) is 0 Å². The summed E-state index contributed by atoms with van der Waals surface area (Å²) in [6.45, 7) is 3.90. The fourth-order valence-corrected chi connectivity index (χ4v) is 2.92. The Kier molecular flexibility index (Phi) is 3.45. The maximum Gasteiger partial charge on any atom is 0.353 e. The molecule has 112 valence electrons. The van der Waals surface area contributed by atoms with Crippen LogP contribution < -0.4 is 0 Å². The summed E-state index contributed by atoms with van der Waals surface area (Å²) in [6, 6.07) is 13.5. The standard InChI is InChI=1S/C18H16FNO2/c1-11(2)20-15-6-4-3-5-14(15)16(17(20)18(21)22)12-7-9-13(19)10-8-12/h3-11H,1-2H3,(H,21,22). The van der Waals surface area contributed by atoms with E-state index in [2.05, 4.69) is 0 Å². The average molecular weight is 297 g/mol. The molecule has 0 saturated carbocycles. The lowest BCUT2D eigenvalue weighted by Gasteiger charge is -2.12. The van der Waals surface area contributed by atoms with Gasteiger partial charge in [0.1, 0.15) is 11.5 Å². The van der Waals surface area contributed by atoms with Crippen molar-refractivity contribution in [3.05, 3.63) is 60.0 Å². The zero-order valence-corrected chi connectivity index (χ0v) is 12.4. The van der Waals surface area contributed by atoms with Gasteiger partial charge in [0, 0.05) is 22.5 Å². The number of carbonyl (C=O) groups is 1. The number of para-hydroxylation sites is 1. The van der Waals surface area contributed by atoms with Crippen molar-refractivity contribution in [2.45, 2.75) is 19.9 Å². The molecular formula is C18H16FNO2. The molecule has 0 saturated heterocycles. The van der Waals surface area contributed by atoms with Gasteiger partial charge >= 0.3 is 5.97 Å². The van der Waals surface area contributed by atoms with E-state index in [0.717, 1.165) is 10.9 Å². The summed E-state index contributed by atoms with van der Waals surface area (Å²) < 4.78 is 15.0. The van der Waals surface area contributed by atoms with Crippen molar-refractivity contribution >= 4 is 16.9 Å². The number of aromatic carboxylic acids is 1. The van der Waals surface area contributed by atoms with Crippen LogP contribution in [0.4, 0.5) is 4.39 Å². The van der Waals surface area contributed by atoms with E-state index in [1.54, 1.807) is 12.1 Å². The summed E-state index contributed by atoms with van der Waals surface area (Å²) in [5.74, 6) is -1.32. The van der Waals surface area contributed by atoms with Crippen molar-refractivity contribution in [3.8, 4) is 11.1 Å². The Labute approximate surface area is 127 Å². The molecule has 3 aromatic rings. The number of hydrogen-bond donors (Lipinski definition) is 1. The van der Waals surface area contributed by atoms with Crippen LogP contribution >= 0.6 is 0 Å². The second-order valence-corrected chi connectivity index (χ2v) is 5.52. The van der Waals surface area contributed by atoms with E-state index in [0.29, 0.717) is 11.1 Å². The van der Waals surface area contributed by atoms with Crippen molar-refractivity contribution in [1.29, 1.82) is 0 Å². The Balaban J connectivity index is 2.44. The number of rotatable bonds is 3. The van der Waals surface area contributed by atoms with Crippen LogP contribution in [0.3, 0.4) is 0 Å². The summed E-state index contributed by atoms with van der Waals surface area (Å²) in [5.41, 5.74) is 2.45. The Morgan fingerprint density at radius 2 is 1.73 bits per heavy atom. The molecule has 0 aliphatic rings. The maximum absolute atomic E-state index is 13.2. The van der Waals surface area contributed by atoms with Gasteiger partial charge in [-0.05, 0) is 37.6 Å². The van der Waals surface area contributed by atoms with E-state index < -0.39 is 5.97 Å². The first kappa shape index (κ1) is 14.3. The van der Waals surface area contributed by atoms with Crippen molar-refractivity contribution in [3.63, 3.8) is 0 Å². The molecule has 0 fully saturated rings. The largest absolute Gasteiger partial charge is 0.477 e. The van der Waals surface area contributed by atoms with E-state index in [9.17, 15) is 14.3 Å². The Bertz CT molecular complexity index is 847. The van der Waals surface area contributed by atoms with E-state index in [1.165, 1.54) is 12.1 Å². The monoisotopic (exact) mass is 297 g/mol. The molecular weight excluding hydrogens is 281 g/mol. The number of nitrogens with zero attached hydrogens (tertiary/aromatic N) is 1. The third-order valence-corrected chi connectivity index (χ3v) is 3.76. The van der Waals surface area contributed by atoms with Crippen molar-refractivity contribution in [1.82, 2.24) is 4.57 Å². The molecule has 22 heavy (non-hydrogen) atoms. The first-order chi connectivity index (χ1) is 10.5. The van der Waals surface area contributed by atoms with Crippen LogP contribution in [0.25, 0.3) is 22.0 Å². The first-order valence-corrected chi connectivity index (χ1v) is 7.13. The Hall–Kier alpha value is -2.62. The molecule has 1 aromatic heterocycles. The zero-order valence-electron chi connectivity index (χ0n) is 12.4. The Morgan fingerprint density at radius 1 is 1.09 bits per heavy atom. The van der Waals surface area contributed by atoms with E-state index in [-0.39, 0.29) is 17.6 Å². The predicted molar refractivity (Wildman–Crippen MR) is 84.7 cm³/mol. The molecule has 2 aromatic carbocycles. The molecule has 0 radical (unpaired) electrons. The molecule has 3 rings (SSSR count). The molecule has 0 spiro atoms. The van der Waals surface area contributed by atoms with Crippen LogP contribution in [0.1, 0.15) is 30.4 Å². The second kappa shape index (κ2) is 5.30. The molecule has 0 bridgehead atoms. The highest BCUT2D eigenvalue weighted by molar-refractivity contribution is 6.08. The van der Waals surface area contributed by atoms with Crippen LogP contribution in [0.15, 0.2) is 48.5 Å². The van der Waals surface area contributed by atoms with Gasteiger partial charge in [0.15, 0.2) is 0 Å². The van der Waals surface area contributed by atoms with E-state index in [4.69, 9.17) is 0 Å². The third-order valence-electron chi connectivity index (χ3n) is 3.76. The van der Waals surface area contributed by atoms with E-state index >= 15 is 0 Å². The smallest absolute Gasteiger partial charge is 0.353 e. The lowest BCUT2D eigenvalue weighted by molar-refractivity contribution is 0.0685. The van der Waals surface area contributed by atoms with Gasteiger partial charge in [-0.3, -0.25) is 0 Å². The summed E-state index contributed by atoms with van der Waals surface area (Å²) in [5, 5.41) is 10.6. The molecule has 0 amide bonds. The van der Waals surface area contributed by atoms with E-state index in [1.807, 2.05) is 42.7 Å². The van der Waals surface area contributed by atoms with Gasteiger partial charge in [-0.1, -0.05) is 30.3 Å². The van der Waals surface area contributed by atoms with Crippen LogP contribution in [-0.4, -0.2) is 15.6 Å². The van der Waals surface area contributed by atoms with Crippen LogP contribution in [-0.2, 0) is 0 Å². The van der Waals surface area contributed by atoms with Crippen LogP contribution in [0, 0.1) is 5.82 Å². The average Bonchev–Trinajstić information content (AvgIpc) is 2.83. The van der Waals surface area contributed by atoms with Gasteiger partial charge in [0.25, 0.3) is 0 Å². The van der Waals surface area contributed by atoms with Gasteiger partial charge in [-0.2, -0.15) is 0 Å². The minimum atomic E-state index is -0.982. The normalized spacial score (nSPS) is 11.3. The molecule has 0 aliphatic heterocycles. The molecule has 0 unspecified atom stereocenters. The topological polar surface area (TPSA) is 42.2 Å². The lowest BCUT2D eigenvalue weighted by atomic mass is 10.0. The summed E-state index contributed by atoms with van der Waals surface area (Å²) in [7, 11) is 0. The number of carboxylic acids is 1. The first-order valence-electron chi connectivity index (χ1n) is 7.13. The number of halogens is 1. The minimum Gasteiger partial charge on any atom is -0.477 e. The molecule has 4 heteroatoms. The summed E-state index contributed by atoms with van der Waals surface area (Å²) >= 11 is 0. The Morgan fingerprint density at radius 3 is 2.32 bits per heavy atom. The number of hydrogen-bond acceptors (Lipinski definition) is 1. The quantitative estimate of drug-likeness (QED) is 0.759. The fourth-order valence-electron chi connectivity index (χ4n) is 2.92. The highest BCUT2D eigenvalue weighted by atomic mass is 19.1. The summed E-state index contributed by atoms with van der Waals surface area (Å²) in [4.78, 5) is 11.9. The minimum absolute atomic E-state index is 0.00481. The van der Waals surface area contributed by atoms with Crippen molar-refractivity contribution in [2.24, 2.45) is 0 Å². The van der Waals surface area contributed by atoms with Gasteiger partial charge in [-0.15, -0.1) is 0 Å². The summed E-state index contributed by atoms with van der Waals surface area (Å²) in [6.07, 6.45) is 0. The van der Waals surface area contributed by atoms with Gasteiger partial charge in [0.2, 0.25) is 0 Å². The number of benzene rings is 2. The maximum atomic E-state index is 13.2. The van der Waals surface area contributed by atoms with Crippen molar-refractivity contribution < 1.29 is 14.3 Å². The molecule has 1 heterocycles. The van der Waals surface area contributed by atoms with Gasteiger partial charge in [0.05, 0.1) is 0 Å². The number of carboxylic acid groups (broad SMARTS) is 1. The molecule has 1 N–H and O–H groups in total. The SMILES string of the molecule is CC(C)n1c(C(=O)O)c(-c2ccc(F)cc2)c2ccccc21. The fraction of sp³-hybridized carbons (Fsp3) is 0.167. The highest BCUT2D eigenvalue weighted by Gasteiger charge is 2.24. The van der Waals surface area contributed by atoms with Crippen molar-refractivity contribution in [2.75, 3.05) is 0 Å².